The summed E-state index contributed by atoms with van der Waals surface area (Å²) in [5.74, 6) is -3.77. The van der Waals surface area contributed by atoms with Gasteiger partial charge in [-0.05, 0) is 18.2 Å². The number of hydrogen-bond donors (Lipinski definition) is 1. The summed E-state index contributed by atoms with van der Waals surface area (Å²) in [5.41, 5.74) is -1.48. The molecule has 2 aromatic rings. The summed E-state index contributed by atoms with van der Waals surface area (Å²) in [4.78, 5) is 25.5. The Morgan fingerprint density at radius 1 is 1.29 bits per heavy atom. The van der Waals surface area contributed by atoms with Gasteiger partial charge in [0.1, 0.15) is 11.4 Å². The zero-order valence-electron chi connectivity index (χ0n) is 10.1. The molecule has 0 spiro atoms. The van der Waals surface area contributed by atoms with E-state index in [1.54, 1.807) is 0 Å². The van der Waals surface area contributed by atoms with E-state index in [2.05, 4.69) is 10.3 Å². The Morgan fingerprint density at radius 2 is 1.95 bits per heavy atom. The number of rotatable bonds is 3. The molecule has 0 atom stereocenters. The lowest BCUT2D eigenvalue weighted by atomic mass is 10.1. The number of carbonyl (C=O) groups excluding carboxylic acids is 1. The minimum Gasteiger partial charge on any atom is -0.306 e. The van der Waals surface area contributed by atoms with Gasteiger partial charge in [0.15, 0.2) is 11.6 Å². The highest BCUT2D eigenvalue weighted by molar-refractivity contribution is 6.30. The fraction of sp³-hybridized carbons (Fsp3) is 0. The molecule has 0 unspecified atom stereocenters. The van der Waals surface area contributed by atoms with E-state index in [9.17, 15) is 23.7 Å². The lowest BCUT2D eigenvalue weighted by molar-refractivity contribution is -0.385. The summed E-state index contributed by atoms with van der Waals surface area (Å²) < 4.78 is 26.2. The number of amides is 1. The molecule has 6 nitrogen and oxygen atoms in total. The average molecular weight is 314 g/mol. The molecule has 1 N–H and O–H groups in total. The normalized spacial score (nSPS) is 10.2. The maximum atomic E-state index is 13.2. The number of benzene rings is 1. The number of hydrogen-bond acceptors (Lipinski definition) is 4. The fourth-order valence-corrected chi connectivity index (χ4v) is 1.69. The molecule has 0 aliphatic rings. The Balaban J connectivity index is 2.39. The van der Waals surface area contributed by atoms with Crippen LogP contribution in [0.25, 0.3) is 0 Å². The van der Waals surface area contributed by atoms with E-state index >= 15 is 0 Å². The lowest BCUT2D eigenvalue weighted by Gasteiger charge is -2.06. The Bertz CT molecular complexity index is 740. The Morgan fingerprint density at radius 3 is 2.57 bits per heavy atom. The SMILES string of the molecule is O=C(Nc1cc(Cl)ccn1)c1cc(F)c(F)cc1[N+](=O)[O-]. The number of carbonyl (C=O) groups is 1. The van der Waals surface area contributed by atoms with Gasteiger partial charge in [0.25, 0.3) is 11.6 Å². The molecule has 0 aliphatic carbocycles. The molecule has 2 rings (SSSR count). The smallest absolute Gasteiger partial charge is 0.285 e. The molecule has 0 aliphatic heterocycles. The zero-order chi connectivity index (χ0) is 15.6. The van der Waals surface area contributed by atoms with Crippen LogP contribution in [0.4, 0.5) is 20.3 Å². The van der Waals surface area contributed by atoms with Crippen molar-refractivity contribution in [3.8, 4) is 0 Å². The third-order valence-corrected chi connectivity index (χ3v) is 2.68. The summed E-state index contributed by atoms with van der Waals surface area (Å²) >= 11 is 5.69. The number of aromatic nitrogens is 1. The summed E-state index contributed by atoms with van der Waals surface area (Å²) in [7, 11) is 0. The molecule has 0 bridgehead atoms. The fourth-order valence-electron chi connectivity index (χ4n) is 1.53. The van der Waals surface area contributed by atoms with Crippen LogP contribution in [-0.4, -0.2) is 15.8 Å². The number of pyridine rings is 1. The van der Waals surface area contributed by atoms with Gasteiger partial charge < -0.3 is 5.32 Å². The van der Waals surface area contributed by atoms with Gasteiger partial charge in [0, 0.05) is 11.2 Å². The Labute approximate surface area is 121 Å². The van der Waals surface area contributed by atoms with Gasteiger partial charge in [0.05, 0.1) is 11.0 Å². The van der Waals surface area contributed by atoms with Gasteiger partial charge in [-0.25, -0.2) is 13.8 Å². The van der Waals surface area contributed by atoms with Crippen LogP contribution in [0.1, 0.15) is 10.4 Å². The van der Waals surface area contributed by atoms with Gasteiger partial charge >= 0.3 is 0 Å². The first-order valence-corrected chi connectivity index (χ1v) is 5.82. The van der Waals surface area contributed by atoms with Gasteiger partial charge in [0.2, 0.25) is 0 Å². The second-order valence-electron chi connectivity index (χ2n) is 3.85. The number of nitrogens with one attached hydrogen (secondary N) is 1. The van der Waals surface area contributed by atoms with Gasteiger partial charge in [-0.3, -0.25) is 14.9 Å². The molecular formula is C12H6ClF2N3O3. The highest BCUT2D eigenvalue weighted by Gasteiger charge is 2.24. The molecule has 108 valence electrons. The van der Waals surface area contributed by atoms with Gasteiger partial charge in [-0.1, -0.05) is 11.6 Å². The molecular weight excluding hydrogens is 308 g/mol. The number of nitro benzene ring substituents is 1. The van der Waals surface area contributed by atoms with Crippen LogP contribution in [0.3, 0.4) is 0 Å². The summed E-state index contributed by atoms with van der Waals surface area (Å²) in [6.45, 7) is 0. The quantitative estimate of drug-likeness (QED) is 0.696. The predicted molar refractivity (Wildman–Crippen MR) is 70.2 cm³/mol. The van der Waals surface area contributed by atoms with Crippen LogP contribution in [0, 0.1) is 21.7 Å². The third kappa shape index (κ3) is 3.29. The highest BCUT2D eigenvalue weighted by atomic mass is 35.5. The number of halogens is 3. The van der Waals surface area contributed by atoms with Crippen molar-refractivity contribution in [2.75, 3.05) is 5.32 Å². The molecule has 21 heavy (non-hydrogen) atoms. The van der Waals surface area contributed by atoms with Crippen LogP contribution in [-0.2, 0) is 0 Å². The van der Waals surface area contributed by atoms with Gasteiger partial charge in [-0.2, -0.15) is 0 Å². The molecule has 0 radical (unpaired) electrons. The second-order valence-corrected chi connectivity index (χ2v) is 4.29. The van der Waals surface area contributed by atoms with Gasteiger partial charge in [-0.15, -0.1) is 0 Å². The van der Waals surface area contributed by atoms with Crippen molar-refractivity contribution in [2.24, 2.45) is 0 Å². The monoisotopic (exact) mass is 313 g/mol. The van der Waals surface area contributed by atoms with Crippen LogP contribution in [0.5, 0.6) is 0 Å². The van der Waals surface area contributed by atoms with E-state index in [4.69, 9.17) is 11.6 Å². The summed E-state index contributed by atoms with van der Waals surface area (Å²) in [6, 6.07) is 3.55. The van der Waals surface area contributed by atoms with E-state index in [0.717, 1.165) is 0 Å². The van der Waals surface area contributed by atoms with Crippen molar-refractivity contribution >= 4 is 29.0 Å². The van der Waals surface area contributed by atoms with Crippen molar-refractivity contribution in [1.29, 1.82) is 0 Å². The molecule has 1 amide bonds. The number of nitrogens with zero attached hydrogens (tertiary/aromatic N) is 2. The van der Waals surface area contributed by atoms with Crippen molar-refractivity contribution in [1.82, 2.24) is 4.98 Å². The number of nitro groups is 1. The summed E-state index contributed by atoms with van der Waals surface area (Å²) in [6.07, 6.45) is 1.30. The largest absolute Gasteiger partial charge is 0.306 e. The molecule has 0 fully saturated rings. The van der Waals surface area contributed by atoms with E-state index < -0.39 is 33.7 Å². The average Bonchev–Trinajstić information content (AvgIpc) is 2.41. The topological polar surface area (TPSA) is 85.1 Å². The van der Waals surface area contributed by atoms with Crippen LogP contribution in [0.2, 0.25) is 5.02 Å². The first-order chi connectivity index (χ1) is 9.88. The Kier molecular flexibility index (Phi) is 4.08. The van der Waals surface area contributed by atoms with Crippen molar-refractivity contribution in [3.05, 3.63) is 62.8 Å². The first kappa shape index (κ1) is 14.8. The minimum absolute atomic E-state index is 0.0199. The van der Waals surface area contributed by atoms with E-state index in [1.807, 2.05) is 0 Å². The van der Waals surface area contributed by atoms with E-state index in [0.29, 0.717) is 12.1 Å². The van der Waals surface area contributed by atoms with Crippen LogP contribution < -0.4 is 5.32 Å². The Hall–Kier alpha value is -2.61. The van der Waals surface area contributed by atoms with Crippen molar-refractivity contribution < 1.29 is 18.5 Å². The highest BCUT2D eigenvalue weighted by Crippen LogP contribution is 2.23. The molecule has 1 aromatic carbocycles. The zero-order valence-corrected chi connectivity index (χ0v) is 10.9. The summed E-state index contributed by atoms with van der Waals surface area (Å²) in [5, 5.41) is 13.3. The molecule has 1 heterocycles. The van der Waals surface area contributed by atoms with Crippen molar-refractivity contribution in [3.63, 3.8) is 0 Å². The van der Waals surface area contributed by atoms with Crippen LogP contribution in [0.15, 0.2) is 30.5 Å². The van der Waals surface area contributed by atoms with Crippen LogP contribution >= 0.6 is 11.6 Å². The first-order valence-electron chi connectivity index (χ1n) is 5.45. The standard InChI is InChI=1S/C12H6ClF2N3O3/c13-6-1-2-16-11(3-6)17-12(19)7-4-8(14)9(15)5-10(7)18(20)21/h1-5H,(H,16,17,19). The minimum atomic E-state index is -1.42. The van der Waals surface area contributed by atoms with E-state index in [1.165, 1.54) is 18.3 Å². The third-order valence-electron chi connectivity index (χ3n) is 2.44. The molecule has 0 saturated heterocycles. The molecule has 9 heteroatoms. The van der Waals surface area contributed by atoms with Crippen molar-refractivity contribution in [2.45, 2.75) is 0 Å². The maximum absolute atomic E-state index is 13.2. The maximum Gasteiger partial charge on any atom is 0.285 e. The predicted octanol–water partition coefficient (Wildman–Crippen LogP) is 3.17. The number of anilines is 1. The molecule has 0 saturated carbocycles. The van der Waals surface area contributed by atoms with E-state index in [-0.39, 0.29) is 10.8 Å². The lowest BCUT2D eigenvalue weighted by Crippen LogP contribution is -2.15. The molecule has 1 aromatic heterocycles. The second kappa shape index (κ2) is 5.80.